The minimum atomic E-state index is -0.732. The number of hydrogen-bond acceptors (Lipinski definition) is 6. The van der Waals surface area contributed by atoms with Crippen molar-refractivity contribution in [2.75, 3.05) is 11.9 Å². The van der Waals surface area contributed by atoms with Crippen LogP contribution in [0.2, 0.25) is 0 Å². The number of carbonyl (C=O) groups excluding carboxylic acids is 3. The molecular formula is C19H22N6O3S. The molecule has 4 rings (SSSR count). The van der Waals surface area contributed by atoms with Crippen molar-refractivity contribution in [3.63, 3.8) is 0 Å². The van der Waals surface area contributed by atoms with E-state index in [1.54, 1.807) is 18.5 Å². The predicted octanol–water partition coefficient (Wildman–Crippen LogP) is 2.16. The van der Waals surface area contributed by atoms with Crippen LogP contribution in [0.15, 0.2) is 40.6 Å². The second kappa shape index (κ2) is 7.86. The zero-order valence-electron chi connectivity index (χ0n) is 16.1. The average molecular weight is 414 g/mol. The highest BCUT2D eigenvalue weighted by Gasteiger charge is 2.52. The maximum absolute atomic E-state index is 12.6. The third-order valence-electron chi connectivity index (χ3n) is 5.28. The summed E-state index contributed by atoms with van der Waals surface area (Å²) in [4.78, 5) is 39.2. The fraction of sp³-hybridized carbons (Fsp3) is 0.421. The summed E-state index contributed by atoms with van der Waals surface area (Å²) in [6, 6.07) is 6.98. The zero-order chi connectivity index (χ0) is 20.4. The molecule has 29 heavy (non-hydrogen) atoms. The van der Waals surface area contributed by atoms with Gasteiger partial charge in [0.2, 0.25) is 5.91 Å². The van der Waals surface area contributed by atoms with E-state index < -0.39 is 11.6 Å². The van der Waals surface area contributed by atoms with Crippen LogP contribution in [0.1, 0.15) is 32.1 Å². The molecule has 1 saturated heterocycles. The topological polar surface area (TPSA) is 109 Å². The Hall–Kier alpha value is -2.88. The monoisotopic (exact) mass is 414 g/mol. The van der Waals surface area contributed by atoms with Gasteiger partial charge in [0, 0.05) is 30.6 Å². The van der Waals surface area contributed by atoms with Crippen LogP contribution in [0.25, 0.3) is 0 Å². The van der Waals surface area contributed by atoms with E-state index in [0.29, 0.717) is 18.5 Å². The molecule has 1 aliphatic carbocycles. The lowest BCUT2D eigenvalue weighted by atomic mass is 9.98. The number of aromatic nitrogens is 3. The van der Waals surface area contributed by atoms with E-state index in [1.165, 1.54) is 16.7 Å². The summed E-state index contributed by atoms with van der Waals surface area (Å²) < 4.78 is 1.83. The second-order valence-electron chi connectivity index (χ2n) is 7.33. The molecule has 9 nitrogen and oxygen atoms in total. The highest BCUT2D eigenvalue weighted by molar-refractivity contribution is 7.99. The van der Waals surface area contributed by atoms with Crippen molar-refractivity contribution in [1.82, 2.24) is 25.0 Å². The lowest BCUT2D eigenvalue weighted by molar-refractivity contribution is -0.131. The van der Waals surface area contributed by atoms with Gasteiger partial charge in [-0.05, 0) is 48.9 Å². The van der Waals surface area contributed by atoms with E-state index in [2.05, 4.69) is 20.8 Å². The number of hydrogen-bond donors (Lipinski definition) is 2. The molecule has 1 saturated carbocycles. The molecule has 1 aromatic heterocycles. The van der Waals surface area contributed by atoms with Crippen LogP contribution in [0, 0.1) is 0 Å². The summed E-state index contributed by atoms with van der Waals surface area (Å²) in [5.41, 5.74) is -0.0779. The number of anilines is 1. The molecule has 0 radical (unpaired) electrons. The molecule has 2 fully saturated rings. The molecule has 1 aromatic carbocycles. The summed E-state index contributed by atoms with van der Waals surface area (Å²) in [5, 5.41) is 14.3. The minimum Gasteiger partial charge on any atom is -0.326 e. The molecule has 4 amide bonds. The van der Waals surface area contributed by atoms with Crippen LogP contribution in [-0.2, 0) is 16.6 Å². The Balaban J connectivity index is 1.29. The molecule has 0 atom stereocenters. The van der Waals surface area contributed by atoms with Gasteiger partial charge in [-0.25, -0.2) is 4.79 Å². The van der Waals surface area contributed by atoms with Crippen LogP contribution in [-0.4, -0.2) is 49.6 Å². The highest BCUT2D eigenvalue weighted by atomic mass is 32.2. The first-order valence-corrected chi connectivity index (χ1v) is 10.3. The van der Waals surface area contributed by atoms with E-state index >= 15 is 0 Å². The van der Waals surface area contributed by atoms with Gasteiger partial charge in [-0.1, -0.05) is 12.8 Å². The van der Waals surface area contributed by atoms with Crippen LogP contribution < -0.4 is 10.6 Å². The van der Waals surface area contributed by atoms with Crippen molar-refractivity contribution in [3.05, 3.63) is 30.6 Å². The SMILES string of the molecule is Cn1cnnc1Sc1ccc(NC(=O)CCN2C(=O)NC3(CCCC3)C2=O)cc1. The molecule has 2 N–H and O–H groups in total. The molecule has 0 bridgehead atoms. The van der Waals surface area contributed by atoms with Gasteiger partial charge < -0.3 is 15.2 Å². The number of nitrogens with one attached hydrogen (secondary N) is 2. The maximum atomic E-state index is 12.6. The van der Waals surface area contributed by atoms with Crippen LogP contribution in [0.5, 0.6) is 0 Å². The molecule has 2 heterocycles. The fourth-order valence-electron chi connectivity index (χ4n) is 3.71. The maximum Gasteiger partial charge on any atom is 0.325 e. The van der Waals surface area contributed by atoms with E-state index in [4.69, 9.17) is 0 Å². The number of benzene rings is 1. The van der Waals surface area contributed by atoms with E-state index in [1.807, 2.05) is 23.7 Å². The third kappa shape index (κ3) is 3.98. The van der Waals surface area contributed by atoms with Gasteiger partial charge >= 0.3 is 6.03 Å². The van der Waals surface area contributed by atoms with Gasteiger partial charge in [0.1, 0.15) is 11.9 Å². The highest BCUT2D eigenvalue weighted by Crippen LogP contribution is 2.35. The number of nitrogens with zero attached hydrogens (tertiary/aromatic N) is 4. The standard InChI is InChI=1S/C19H22N6O3S/c1-24-12-20-23-18(24)29-14-6-4-13(5-7-14)21-15(26)8-11-25-16(27)19(22-17(25)28)9-2-3-10-19/h4-7,12H,2-3,8-11H2,1H3,(H,21,26)(H,22,28). The molecule has 1 aliphatic heterocycles. The normalized spacial score (nSPS) is 17.8. The number of amides is 4. The van der Waals surface area contributed by atoms with Crippen molar-refractivity contribution in [2.24, 2.45) is 7.05 Å². The Bertz CT molecular complexity index is 936. The Morgan fingerprint density at radius 1 is 1.24 bits per heavy atom. The smallest absolute Gasteiger partial charge is 0.325 e. The van der Waals surface area contributed by atoms with E-state index in [-0.39, 0.29) is 24.8 Å². The van der Waals surface area contributed by atoms with Crippen LogP contribution in [0.3, 0.4) is 0 Å². The van der Waals surface area contributed by atoms with Crippen LogP contribution in [0.4, 0.5) is 10.5 Å². The van der Waals surface area contributed by atoms with Crippen molar-refractivity contribution in [1.29, 1.82) is 0 Å². The number of imide groups is 1. The number of rotatable bonds is 6. The molecular weight excluding hydrogens is 392 g/mol. The Kier molecular flexibility index (Phi) is 5.27. The zero-order valence-corrected chi connectivity index (χ0v) is 16.9. The summed E-state index contributed by atoms with van der Waals surface area (Å²) in [6.45, 7) is 0.0817. The van der Waals surface area contributed by atoms with Gasteiger partial charge in [0.25, 0.3) is 5.91 Å². The van der Waals surface area contributed by atoms with Gasteiger partial charge in [-0.15, -0.1) is 10.2 Å². The van der Waals surface area contributed by atoms with Gasteiger partial charge in [-0.3, -0.25) is 14.5 Å². The first kappa shape index (κ1) is 19.4. The Morgan fingerprint density at radius 3 is 2.62 bits per heavy atom. The average Bonchev–Trinajstić information content (AvgIpc) is 3.38. The molecule has 152 valence electrons. The number of carbonyl (C=O) groups is 3. The quantitative estimate of drug-likeness (QED) is 0.701. The molecule has 10 heteroatoms. The van der Waals surface area contributed by atoms with Gasteiger partial charge in [-0.2, -0.15) is 0 Å². The lowest BCUT2D eigenvalue weighted by Crippen LogP contribution is -2.44. The molecule has 2 aromatic rings. The summed E-state index contributed by atoms with van der Waals surface area (Å²) >= 11 is 1.47. The first-order chi connectivity index (χ1) is 14.0. The largest absolute Gasteiger partial charge is 0.326 e. The third-order valence-corrected chi connectivity index (χ3v) is 6.34. The van der Waals surface area contributed by atoms with Gasteiger partial charge in [0.15, 0.2) is 5.16 Å². The fourth-order valence-corrected chi connectivity index (χ4v) is 4.47. The summed E-state index contributed by atoms with van der Waals surface area (Å²) in [5.74, 6) is -0.440. The van der Waals surface area contributed by atoms with Crippen LogP contribution >= 0.6 is 11.8 Å². The van der Waals surface area contributed by atoms with Crippen molar-refractivity contribution >= 4 is 35.3 Å². The van der Waals surface area contributed by atoms with E-state index in [9.17, 15) is 14.4 Å². The molecule has 0 unspecified atom stereocenters. The molecule has 1 spiro atoms. The summed E-state index contributed by atoms with van der Waals surface area (Å²) in [6.07, 6.45) is 4.93. The predicted molar refractivity (Wildman–Crippen MR) is 106 cm³/mol. The number of urea groups is 1. The van der Waals surface area contributed by atoms with Gasteiger partial charge in [0.05, 0.1) is 0 Å². The summed E-state index contributed by atoms with van der Waals surface area (Å²) in [7, 11) is 1.87. The molecule has 2 aliphatic rings. The van der Waals surface area contributed by atoms with Crippen molar-refractivity contribution in [2.45, 2.75) is 47.7 Å². The van der Waals surface area contributed by atoms with Crippen molar-refractivity contribution < 1.29 is 14.4 Å². The first-order valence-electron chi connectivity index (χ1n) is 9.53. The Morgan fingerprint density at radius 2 is 1.97 bits per heavy atom. The Labute approximate surface area is 172 Å². The van der Waals surface area contributed by atoms with E-state index in [0.717, 1.165) is 22.9 Å². The second-order valence-corrected chi connectivity index (χ2v) is 8.37. The lowest BCUT2D eigenvalue weighted by Gasteiger charge is -2.19. The number of aryl methyl sites for hydroxylation is 1. The minimum absolute atomic E-state index is 0.0602. The van der Waals surface area contributed by atoms with Crippen molar-refractivity contribution in [3.8, 4) is 0 Å².